The van der Waals surface area contributed by atoms with E-state index in [2.05, 4.69) is 27.6 Å². The van der Waals surface area contributed by atoms with Gasteiger partial charge in [0.05, 0.1) is 5.56 Å². The minimum Gasteiger partial charge on any atom is -0.356 e. The van der Waals surface area contributed by atoms with Gasteiger partial charge in [-0.2, -0.15) is 13.2 Å². The van der Waals surface area contributed by atoms with Gasteiger partial charge < -0.3 is 15.5 Å². The van der Waals surface area contributed by atoms with Gasteiger partial charge in [0.25, 0.3) is 0 Å². The van der Waals surface area contributed by atoms with Crippen LogP contribution in [0.1, 0.15) is 24.0 Å². The topological polar surface area (TPSA) is 39.7 Å². The van der Waals surface area contributed by atoms with Crippen molar-refractivity contribution in [3.8, 4) is 0 Å². The average molecular weight is 488 g/mol. The maximum atomic E-state index is 13.1. The Morgan fingerprint density at radius 1 is 1.31 bits per heavy atom. The molecule has 26 heavy (non-hydrogen) atoms. The summed E-state index contributed by atoms with van der Waals surface area (Å²) in [6, 6.07) is 2.69. The molecule has 0 radical (unpaired) electrons. The van der Waals surface area contributed by atoms with Gasteiger partial charge in [0.2, 0.25) is 0 Å². The normalized spacial score (nSPS) is 19.0. The van der Waals surface area contributed by atoms with E-state index >= 15 is 0 Å². The number of guanidine groups is 1. The van der Waals surface area contributed by atoms with Gasteiger partial charge in [-0.1, -0.05) is 6.07 Å². The number of likely N-dealkylation sites (tertiary alicyclic amines) is 1. The van der Waals surface area contributed by atoms with Gasteiger partial charge in [0.1, 0.15) is 5.82 Å². The molecule has 1 unspecified atom stereocenters. The number of nitrogens with one attached hydrogen (secondary N) is 2. The van der Waals surface area contributed by atoms with Crippen molar-refractivity contribution in [1.82, 2.24) is 15.5 Å². The summed E-state index contributed by atoms with van der Waals surface area (Å²) in [5, 5.41) is 6.03. The number of nitrogens with zero attached hydrogens (tertiary/aromatic N) is 2. The van der Waals surface area contributed by atoms with Crippen LogP contribution < -0.4 is 10.6 Å². The molecule has 1 aromatic rings. The Morgan fingerprint density at radius 3 is 2.65 bits per heavy atom. The second-order valence-corrected chi connectivity index (χ2v) is 6.38. The van der Waals surface area contributed by atoms with E-state index in [9.17, 15) is 17.6 Å². The zero-order valence-electron chi connectivity index (χ0n) is 14.9. The lowest BCUT2D eigenvalue weighted by molar-refractivity contribution is -0.138. The van der Waals surface area contributed by atoms with Crippen LogP contribution in [0, 0.1) is 11.7 Å². The Labute approximate surface area is 168 Å². The minimum atomic E-state index is -4.59. The Balaban J connectivity index is 0.00000338. The Bertz CT molecular complexity index is 607. The number of halogens is 5. The first-order chi connectivity index (χ1) is 11.8. The van der Waals surface area contributed by atoms with Crippen LogP contribution in [-0.4, -0.2) is 44.6 Å². The summed E-state index contributed by atoms with van der Waals surface area (Å²) < 4.78 is 52.2. The first-order valence-corrected chi connectivity index (χ1v) is 8.28. The molecule has 0 aliphatic carbocycles. The highest BCUT2D eigenvalue weighted by atomic mass is 127. The van der Waals surface area contributed by atoms with Crippen molar-refractivity contribution >= 4 is 29.9 Å². The molecule has 2 N–H and O–H groups in total. The van der Waals surface area contributed by atoms with E-state index in [4.69, 9.17) is 0 Å². The molecule has 0 aromatic heterocycles. The molecule has 1 aliphatic heterocycles. The standard InChI is InChI=1S/C17H24F4N4.HI/c1-22-16(23-9-12-4-3-7-25(2)11-12)24-10-13-5-6-14(18)8-15(13)17(19,20)21;/h5-6,8,12H,3-4,7,9-11H2,1-2H3,(H2,22,23,24);1H. The molecule has 0 bridgehead atoms. The minimum absolute atomic E-state index is 0. The lowest BCUT2D eigenvalue weighted by Gasteiger charge is -2.30. The number of hydrogen-bond acceptors (Lipinski definition) is 2. The smallest absolute Gasteiger partial charge is 0.356 e. The summed E-state index contributed by atoms with van der Waals surface area (Å²) in [4.78, 5) is 6.31. The molecule has 0 amide bonds. The van der Waals surface area contributed by atoms with Crippen molar-refractivity contribution in [2.24, 2.45) is 10.9 Å². The molecule has 1 aliphatic rings. The lowest BCUT2D eigenvalue weighted by atomic mass is 9.99. The van der Waals surface area contributed by atoms with Crippen LogP contribution in [0.2, 0.25) is 0 Å². The molecule has 1 aromatic carbocycles. The third kappa shape index (κ3) is 6.90. The summed E-state index contributed by atoms with van der Waals surface area (Å²) >= 11 is 0. The molecule has 4 nitrogen and oxygen atoms in total. The maximum Gasteiger partial charge on any atom is 0.416 e. The average Bonchev–Trinajstić information content (AvgIpc) is 2.55. The van der Waals surface area contributed by atoms with Crippen LogP contribution in [0.25, 0.3) is 0 Å². The highest BCUT2D eigenvalue weighted by Crippen LogP contribution is 2.32. The third-order valence-electron chi connectivity index (χ3n) is 4.33. The molecule has 1 fully saturated rings. The molecule has 0 saturated carbocycles. The first-order valence-electron chi connectivity index (χ1n) is 8.28. The van der Waals surface area contributed by atoms with Crippen LogP contribution in [0.5, 0.6) is 0 Å². The summed E-state index contributed by atoms with van der Waals surface area (Å²) in [5.41, 5.74) is -0.987. The molecule has 1 saturated heterocycles. The Hall–Kier alpha value is -1.10. The van der Waals surface area contributed by atoms with Crippen molar-refractivity contribution in [3.63, 3.8) is 0 Å². The molecule has 1 heterocycles. The summed E-state index contributed by atoms with van der Waals surface area (Å²) in [5.74, 6) is 0.0135. The molecular weight excluding hydrogens is 463 g/mol. The van der Waals surface area contributed by atoms with E-state index in [1.807, 2.05) is 0 Å². The van der Waals surface area contributed by atoms with Crippen LogP contribution in [0.15, 0.2) is 23.2 Å². The number of piperidine rings is 1. The fourth-order valence-corrected chi connectivity index (χ4v) is 3.05. The molecule has 2 rings (SSSR count). The fourth-order valence-electron chi connectivity index (χ4n) is 3.05. The zero-order chi connectivity index (χ0) is 18.4. The van der Waals surface area contributed by atoms with Gasteiger partial charge in [0.15, 0.2) is 5.96 Å². The Morgan fingerprint density at radius 2 is 2.04 bits per heavy atom. The van der Waals surface area contributed by atoms with Crippen LogP contribution >= 0.6 is 24.0 Å². The van der Waals surface area contributed by atoms with Crippen LogP contribution in [-0.2, 0) is 12.7 Å². The van der Waals surface area contributed by atoms with Crippen molar-refractivity contribution in [3.05, 3.63) is 35.1 Å². The highest BCUT2D eigenvalue weighted by molar-refractivity contribution is 14.0. The quantitative estimate of drug-likeness (QED) is 0.295. The number of alkyl halides is 3. The van der Waals surface area contributed by atoms with Gasteiger partial charge in [-0.15, -0.1) is 24.0 Å². The second-order valence-electron chi connectivity index (χ2n) is 6.38. The second kappa shape index (κ2) is 10.3. The van der Waals surface area contributed by atoms with Gasteiger partial charge >= 0.3 is 6.18 Å². The monoisotopic (exact) mass is 488 g/mol. The number of hydrogen-bond donors (Lipinski definition) is 2. The maximum absolute atomic E-state index is 13.1. The van der Waals surface area contributed by atoms with Gasteiger partial charge in [0, 0.05) is 26.7 Å². The number of rotatable bonds is 4. The number of aliphatic imine (C=N–C) groups is 1. The summed E-state index contributed by atoms with van der Waals surface area (Å²) in [6.07, 6.45) is -2.34. The van der Waals surface area contributed by atoms with E-state index in [0.29, 0.717) is 24.5 Å². The molecule has 0 spiro atoms. The molecule has 9 heteroatoms. The SMILES string of the molecule is CN=C(NCc1ccc(F)cc1C(F)(F)F)NCC1CCCN(C)C1.I. The van der Waals surface area contributed by atoms with Gasteiger partial charge in [-0.05, 0) is 50.0 Å². The molecule has 1 atom stereocenters. The molecule has 148 valence electrons. The van der Waals surface area contributed by atoms with Crippen molar-refractivity contribution < 1.29 is 17.6 Å². The summed E-state index contributed by atoms with van der Waals surface area (Å²) in [6.45, 7) is 2.70. The van der Waals surface area contributed by atoms with Crippen LogP contribution in [0.3, 0.4) is 0 Å². The summed E-state index contributed by atoms with van der Waals surface area (Å²) in [7, 11) is 3.64. The predicted octanol–water partition coefficient (Wildman–Crippen LogP) is 3.47. The zero-order valence-corrected chi connectivity index (χ0v) is 17.2. The fraction of sp³-hybridized carbons (Fsp3) is 0.588. The lowest BCUT2D eigenvalue weighted by Crippen LogP contribution is -2.43. The van der Waals surface area contributed by atoms with E-state index in [1.165, 1.54) is 0 Å². The largest absolute Gasteiger partial charge is 0.416 e. The predicted molar refractivity (Wildman–Crippen MR) is 105 cm³/mol. The number of benzene rings is 1. The Kier molecular flexibility index (Phi) is 9.08. The van der Waals surface area contributed by atoms with Crippen molar-refractivity contribution in [2.75, 3.05) is 33.7 Å². The van der Waals surface area contributed by atoms with Gasteiger partial charge in [-0.25, -0.2) is 4.39 Å². The first kappa shape index (κ1) is 22.9. The van der Waals surface area contributed by atoms with Crippen molar-refractivity contribution in [1.29, 1.82) is 0 Å². The van der Waals surface area contributed by atoms with E-state index in [0.717, 1.165) is 38.1 Å². The third-order valence-corrected chi connectivity index (χ3v) is 4.33. The molecular formula is C17H25F4IN4. The van der Waals surface area contributed by atoms with E-state index < -0.39 is 17.6 Å². The van der Waals surface area contributed by atoms with E-state index in [-0.39, 0.29) is 36.1 Å². The van der Waals surface area contributed by atoms with Gasteiger partial charge in [-0.3, -0.25) is 4.99 Å². The highest BCUT2D eigenvalue weighted by Gasteiger charge is 2.33. The van der Waals surface area contributed by atoms with E-state index in [1.54, 1.807) is 7.05 Å². The van der Waals surface area contributed by atoms with Crippen molar-refractivity contribution in [2.45, 2.75) is 25.6 Å². The van der Waals surface area contributed by atoms with Crippen LogP contribution in [0.4, 0.5) is 17.6 Å².